The minimum Gasteiger partial charge on any atom is -0.481 e. The average Bonchev–Trinajstić information content (AvgIpc) is 2.81. The predicted octanol–water partition coefficient (Wildman–Crippen LogP) is 1.41. The molecule has 1 aromatic carbocycles. The molecule has 2 N–H and O–H groups in total. The van der Waals surface area contributed by atoms with E-state index < -0.39 is 0 Å². The Morgan fingerprint density at radius 3 is 2.94 bits per heavy atom. The highest BCUT2D eigenvalue weighted by Gasteiger charge is 2.07. The smallest absolute Gasteiger partial charge is 0.218 e. The molecule has 0 spiro atoms. The van der Waals surface area contributed by atoms with Gasteiger partial charge in [0.25, 0.3) is 0 Å². The number of hydrogen-bond acceptors (Lipinski definition) is 5. The molecule has 0 aliphatic heterocycles. The van der Waals surface area contributed by atoms with Crippen molar-refractivity contribution in [3.05, 3.63) is 36.8 Å². The highest BCUT2D eigenvalue weighted by molar-refractivity contribution is 5.83. The van der Waals surface area contributed by atoms with Crippen molar-refractivity contribution in [2.75, 3.05) is 12.8 Å². The first kappa shape index (κ1) is 10.5. The van der Waals surface area contributed by atoms with E-state index in [1.54, 1.807) is 24.1 Å². The number of methoxy groups -OCH3 is 1. The molecule has 90 valence electrons. The summed E-state index contributed by atoms with van der Waals surface area (Å²) in [5, 5.41) is 5.30. The molecule has 0 amide bonds. The van der Waals surface area contributed by atoms with Gasteiger partial charge in [-0.25, -0.2) is 14.6 Å². The zero-order valence-corrected chi connectivity index (χ0v) is 9.74. The fraction of sp³-hybridized carbons (Fsp3) is 0.0833. The van der Waals surface area contributed by atoms with Crippen molar-refractivity contribution in [2.45, 2.75) is 0 Å². The highest BCUT2D eigenvalue weighted by Crippen LogP contribution is 2.20. The molecule has 3 aromatic rings. The number of anilines is 1. The fourth-order valence-electron chi connectivity index (χ4n) is 1.78. The quantitative estimate of drug-likeness (QED) is 0.686. The summed E-state index contributed by atoms with van der Waals surface area (Å²) in [6, 6.07) is 7.34. The summed E-state index contributed by atoms with van der Waals surface area (Å²) in [5.41, 5.74) is 7.37. The number of nitrogens with two attached hydrogens (primary N) is 1. The largest absolute Gasteiger partial charge is 0.481 e. The van der Waals surface area contributed by atoms with E-state index in [0.29, 0.717) is 17.4 Å². The summed E-state index contributed by atoms with van der Waals surface area (Å²) in [6.07, 6.45) is 3.21. The molecule has 3 rings (SSSR count). The molecule has 0 radical (unpaired) electrons. The van der Waals surface area contributed by atoms with E-state index in [-0.39, 0.29) is 0 Å². The summed E-state index contributed by atoms with van der Waals surface area (Å²) in [5.74, 6) is 1.13. The maximum absolute atomic E-state index is 5.79. The molecular formula is C12H11N5O. The Labute approximate surface area is 103 Å². The van der Waals surface area contributed by atoms with Crippen LogP contribution in [0.1, 0.15) is 0 Å². The van der Waals surface area contributed by atoms with Gasteiger partial charge in [0, 0.05) is 17.1 Å². The van der Waals surface area contributed by atoms with Gasteiger partial charge < -0.3 is 10.5 Å². The zero-order valence-electron chi connectivity index (χ0n) is 9.74. The van der Waals surface area contributed by atoms with Gasteiger partial charge >= 0.3 is 0 Å². The Morgan fingerprint density at radius 2 is 2.11 bits per heavy atom. The third-order valence-corrected chi connectivity index (χ3v) is 2.65. The monoisotopic (exact) mass is 241 g/mol. The lowest BCUT2D eigenvalue weighted by molar-refractivity contribution is 0.396. The average molecular weight is 241 g/mol. The summed E-state index contributed by atoms with van der Waals surface area (Å²) in [6.45, 7) is 0. The lowest BCUT2D eigenvalue weighted by Crippen LogP contribution is -2.01. The van der Waals surface area contributed by atoms with Crippen LogP contribution in [0, 0.1) is 0 Å². The number of fused-ring (bicyclic) bond motifs is 1. The Balaban J connectivity index is 2.21. The first-order valence-corrected chi connectivity index (χ1v) is 5.37. The van der Waals surface area contributed by atoms with E-state index >= 15 is 0 Å². The molecule has 0 fully saturated rings. The van der Waals surface area contributed by atoms with E-state index in [9.17, 15) is 0 Å². The van der Waals surface area contributed by atoms with Gasteiger partial charge in [0.05, 0.1) is 18.8 Å². The van der Waals surface area contributed by atoms with Crippen LogP contribution in [0.4, 0.5) is 5.69 Å². The van der Waals surface area contributed by atoms with Crippen molar-refractivity contribution >= 4 is 16.6 Å². The van der Waals surface area contributed by atoms with Crippen molar-refractivity contribution in [1.29, 1.82) is 0 Å². The first-order valence-electron chi connectivity index (χ1n) is 5.37. The van der Waals surface area contributed by atoms with Gasteiger partial charge in [0.15, 0.2) is 5.82 Å². The SMILES string of the molecule is COc1cc(-n2ncc3ccc(N)cc32)ncn1. The predicted molar refractivity (Wildman–Crippen MR) is 67.6 cm³/mol. The molecule has 2 heterocycles. The number of nitrogen functional groups attached to an aromatic ring is 1. The summed E-state index contributed by atoms with van der Waals surface area (Å²) < 4.78 is 6.78. The molecule has 0 aliphatic rings. The first-order chi connectivity index (χ1) is 8.78. The molecular weight excluding hydrogens is 230 g/mol. The zero-order chi connectivity index (χ0) is 12.5. The molecule has 0 atom stereocenters. The number of nitrogens with zero attached hydrogens (tertiary/aromatic N) is 4. The van der Waals surface area contributed by atoms with Gasteiger partial charge in [-0.05, 0) is 18.2 Å². The second-order valence-corrected chi connectivity index (χ2v) is 3.79. The normalized spacial score (nSPS) is 10.7. The van der Waals surface area contributed by atoms with Crippen molar-refractivity contribution in [1.82, 2.24) is 19.7 Å². The standard InChI is InChI=1S/C12H11N5O/c1-18-12-5-11(14-7-15-12)17-10-4-9(13)3-2-8(10)6-16-17/h2-7H,13H2,1H3. The molecule has 0 saturated heterocycles. The van der Waals surface area contributed by atoms with Gasteiger partial charge in [-0.1, -0.05) is 0 Å². The van der Waals surface area contributed by atoms with Crippen LogP contribution in [0.2, 0.25) is 0 Å². The van der Waals surface area contributed by atoms with Crippen LogP contribution in [0.3, 0.4) is 0 Å². The summed E-state index contributed by atoms with van der Waals surface area (Å²) >= 11 is 0. The van der Waals surface area contributed by atoms with Gasteiger partial charge in [0.2, 0.25) is 5.88 Å². The second-order valence-electron chi connectivity index (χ2n) is 3.79. The summed E-state index contributed by atoms with van der Waals surface area (Å²) in [4.78, 5) is 8.14. The minimum absolute atomic E-state index is 0.493. The van der Waals surface area contributed by atoms with Crippen LogP contribution < -0.4 is 10.5 Å². The minimum atomic E-state index is 0.493. The van der Waals surface area contributed by atoms with Gasteiger partial charge in [-0.15, -0.1) is 0 Å². The third kappa shape index (κ3) is 1.64. The number of benzene rings is 1. The van der Waals surface area contributed by atoms with Crippen LogP contribution in [0.25, 0.3) is 16.7 Å². The highest BCUT2D eigenvalue weighted by atomic mass is 16.5. The fourth-order valence-corrected chi connectivity index (χ4v) is 1.78. The van der Waals surface area contributed by atoms with E-state index in [1.165, 1.54) is 6.33 Å². The Morgan fingerprint density at radius 1 is 1.22 bits per heavy atom. The van der Waals surface area contributed by atoms with E-state index in [4.69, 9.17) is 10.5 Å². The van der Waals surface area contributed by atoms with Gasteiger partial charge in [-0.3, -0.25) is 0 Å². The number of aromatic nitrogens is 4. The van der Waals surface area contributed by atoms with Crippen LogP contribution in [0.15, 0.2) is 36.8 Å². The van der Waals surface area contributed by atoms with Crippen LogP contribution >= 0.6 is 0 Å². The van der Waals surface area contributed by atoms with Crippen molar-refractivity contribution in [3.63, 3.8) is 0 Å². The molecule has 0 aliphatic carbocycles. The lowest BCUT2D eigenvalue weighted by Gasteiger charge is -2.04. The summed E-state index contributed by atoms with van der Waals surface area (Å²) in [7, 11) is 1.56. The molecule has 2 aromatic heterocycles. The van der Waals surface area contributed by atoms with E-state index in [1.807, 2.05) is 18.2 Å². The van der Waals surface area contributed by atoms with E-state index in [2.05, 4.69) is 15.1 Å². The van der Waals surface area contributed by atoms with Gasteiger partial charge in [-0.2, -0.15) is 5.10 Å². The molecule has 18 heavy (non-hydrogen) atoms. The van der Waals surface area contributed by atoms with Gasteiger partial charge in [0.1, 0.15) is 6.33 Å². The molecule has 0 saturated carbocycles. The van der Waals surface area contributed by atoms with Crippen molar-refractivity contribution in [3.8, 4) is 11.7 Å². The lowest BCUT2D eigenvalue weighted by atomic mass is 10.2. The van der Waals surface area contributed by atoms with Crippen LogP contribution in [-0.2, 0) is 0 Å². The Bertz CT molecular complexity index is 707. The molecule has 0 bridgehead atoms. The Hall–Kier alpha value is -2.63. The molecule has 0 unspecified atom stereocenters. The number of hydrogen-bond donors (Lipinski definition) is 1. The van der Waals surface area contributed by atoms with Crippen LogP contribution in [-0.4, -0.2) is 26.9 Å². The topological polar surface area (TPSA) is 78.9 Å². The Kier molecular flexibility index (Phi) is 2.33. The van der Waals surface area contributed by atoms with Crippen molar-refractivity contribution < 1.29 is 4.74 Å². The molecule has 6 heteroatoms. The number of ether oxygens (including phenoxy) is 1. The van der Waals surface area contributed by atoms with Crippen LogP contribution in [0.5, 0.6) is 5.88 Å². The molecule has 6 nitrogen and oxygen atoms in total. The maximum Gasteiger partial charge on any atom is 0.218 e. The maximum atomic E-state index is 5.79. The second kappa shape index (κ2) is 3.99. The number of rotatable bonds is 2. The van der Waals surface area contributed by atoms with Crippen molar-refractivity contribution in [2.24, 2.45) is 0 Å². The van der Waals surface area contributed by atoms with E-state index in [0.717, 1.165) is 10.9 Å². The third-order valence-electron chi connectivity index (χ3n) is 2.65.